The van der Waals surface area contributed by atoms with Crippen molar-refractivity contribution in [2.45, 2.75) is 39.7 Å². The zero-order valence-corrected chi connectivity index (χ0v) is 13.0. The van der Waals surface area contributed by atoms with Crippen LogP contribution < -0.4 is 5.32 Å². The predicted molar refractivity (Wildman–Crippen MR) is 85.1 cm³/mol. The number of benzene rings is 1. The Bertz CT molecular complexity index is 548. The monoisotopic (exact) mass is 291 g/mol. The van der Waals surface area contributed by atoms with Crippen molar-refractivity contribution in [1.29, 1.82) is 0 Å². The van der Waals surface area contributed by atoms with Crippen molar-refractivity contribution in [3.8, 4) is 11.3 Å². The summed E-state index contributed by atoms with van der Waals surface area (Å²) in [6, 6.07) is 9.94. The van der Waals surface area contributed by atoms with Gasteiger partial charge in [-0.25, -0.2) is 0 Å². The van der Waals surface area contributed by atoms with Crippen LogP contribution in [0.25, 0.3) is 11.3 Å². The van der Waals surface area contributed by atoms with Crippen LogP contribution in [0.3, 0.4) is 0 Å². The fraction of sp³-hybridized carbons (Fsp3) is 0.412. The number of rotatable bonds is 7. The Morgan fingerprint density at radius 2 is 2.00 bits per heavy atom. The van der Waals surface area contributed by atoms with E-state index in [1.807, 2.05) is 37.3 Å². The highest BCUT2D eigenvalue weighted by Gasteiger charge is 2.09. The van der Waals surface area contributed by atoms with Gasteiger partial charge in [0.2, 0.25) is 0 Å². The highest BCUT2D eigenvalue weighted by Crippen LogP contribution is 2.29. The van der Waals surface area contributed by atoms with E-state index in [-0.39, 0.29) is 0 Å². The van der Waals surface area contributed by atoms with Crippen LogP contribution >= 0.6 is 11.6 Å². The van der Waals surface area contributed by atoms with Gasteiger partial charge in [-0.3, -0.25) is 0 Å². The summed E-state index contributed by atoms with van der Waals surface area (Å²) in [6.07, 6.45) is 3.75. The Hall–Kier alpha value is -1.25. The minimum Gasteiger partial charge on any atom is -0.460 e. The van der Waals surface area contributed by atoms with Crippen molar-refractivity contribution >= 4 is 11.6 Å². The summed E-state index contributed by atoms with van der Waals surface area (Å²) in [6.45, 7) is 6.05. The van der Waals surface area contributed by atoms with Crippen molar-refractivity contribution in [3.63, 3.8) is 0 Å². The van der Waals surface area contributed by atoms with E-state index in [1.165, 1.54) is 19.3 Å². The van der Waals surface area contributed by atoms with E-state index in [2.05, 4.69) is 12.2 Å². The number of furan rings is 1. The Morgan fingerprint density at radius 1 is 1.15 bits per heavy atom. The minimum absolute atomic E-state index is 0.776. The molecule has 0 saturated heterocycles. The zero-order valence-electron chi connectivity index (χ0n) is 12.2. The summed E-state index contributed by atoms with van der Waals surface area (Å²) < 4.78 is 5.89. The van der Waals surface area contributed by atoms with Gasteiger partial charge in [-0.1, -0.05) is 43.5 Å². The Kier molecular flexibility index (Phi) is 5.69. The van der Waals surface area contributed by atoms with Crippen LogP contribution in [0, 0.1) is 6.92 Å². The molecule has 2 nitrogen and oxygen atoms in total. The SMILES string of the molecule is CCCCCNCc1ccc(-c2cccc(Cl)c2C)o1. The number of hydrogen-bond acceptors (Lipinski definition) is 2. The molecule has 108 valence electrons. The molecular formula is C17H22ClNO. The third-order valence-electron chi connectivity index (χ3n) is 3.45. The van der Waals surface area contributed by atoms with Crippen molar-refractivity contribution in [2.75, 3.05) is 6.54 Å². The summed E-state index contributed by atoms with van der Waals surface area (Å²) in [7, 11) is 0. The third-order valence-corrected chi connectivity index (χ3v) is 3.86. The largest absolute Gasteiger partial charge is 0.460 e. The van der Waals surface area contributed by atoms with Gasteiger partial charge in [0.05, 0.1) is 6.54 Å². The van der Waals surface area contributed by atoms with Crippen LogP contribution in [0.15, 0.2) is 34.7 Å². The van der Waals surface area contributed by atoms with Gasteiger partial charge >= 0.3 is 0 Å². The molecule has 2 aromatic rings. The highest BCUT2D eigenvalue weighted by molar-refractivity contribution is 6.31. The lowest BCUT2D eigenvalue weighted by Gasteiger charge is -2.05. The lowest BCUT2D eigenvalue weighted by Crippen LogP contribution is -2.13. The van der Waals surface area contributed by atoms with Gasteiger partial charge < -0.3 is 9.73 Å². The molecule has 0 amide bonds. The van der Waals surface area contributed by atoms with E-state index in [9.17, 15) is 0 Å². The summed E-state index contributed by atoms with van der Waals surface area (Å²) in [5.74, 6) is 1.85. The van der Waals surface area contributed by atoms with Gasteiger partial charge in [-0.2, -0.15) is 0 Å². The third kappa shape index (κ3) is 3.87. The first-order valence-corrected chi connectivity index (χ1v) is 7.65. The van der Waals surface area contributed by atoms with Crippen molar-refractivity contribution < 1.29 is 4.42 Å². The Balaban J connectivity index is 1.97. The van der Waals surface area contributed by atoms with Crippen LogP contribution in [0.1, 0.15) is 37.5 Å². The van der Waals surface area contributed by atoms with Gasteiger partial charge in [0.1, 0.15) is 11.5 Å². The fourth-order valence-corrected chi connectivity index (χ4v) is 2.38. The molecule has 0 radical (unpaired) electrons. The van der Waals surface area contributed by atoms with Crippen LogP contribution in [-0.2, 0) is 6.54 Å². The molecule has 0 saturated carbocycles. The van der Waals surface area contributed by atoms with E-state index in [1.54, 1.807) is 0 Å². The maximum absolute atomic E-state index is 6.15. The van der Waals surface area contributed by atoms with Crippen molar-refractivity contribution in [2.24, 2.45) is 0 Å². The normalized spacial score (nSPS) is 10.9. The van der Waals surface area contributed by atoms with Crippen molar-refractivity contribution in [1.82, 2.24) is 5.32 Å². The first-order valence-electron chi connectivity index (χ1n) is 7.27. The van der Waals surface area contributed by atoms with E-state index < -0.39 is 0 Å². The maximum atomic E-state index is 6.15. The standard InChI is InChI=1S/C17H22ClNO/c1-3-4-5-11-19-12-14-9-10-17(20-14)15-7-6-8-16(18)13(15)2/h6-10,19H,3-5,11-12H2,1-2H3. The zero-order chi connectivity index (χ0) is 14.4. The molecule has 20 heavy (non-hydrogen) atoms. The quantitative estimate of drug-likeness (QED) is 0.710. The molecule has 0 aliphatic rings. The molecule has 0 aliphatic heterocycles. The molecule has 0 aliphatic carbocycles. The van der Waals surface area contributed by atoms with Gasteiger partial charge in [-0.05, 0) is 43.7 Å². The molecule has 0 spiro atoms. The lowest BCUT2D eigenvalue weighted by molar-refractivity contribution is 0.488. The van der Waals surface area contributed by atoms with E-state index in [4.69, 9.17) is 16.0 Å². The number of halogens is 1. The van der Waals surface area contributed by atoms with Crippen LogP contribution in [0.2, 0.25) is 5.02 Å². The van der Waals surface area contributed by atoms with Crippen LogP contribution in [0.5, 0.6) is 0 Å². The van der Waals surface area contributed by atoms with Gasteiger partial charge in [0.15, 0.2) is 0 Å². The second-order valence-corrected chi connectivity index (χ2v) is 5.47. The molecule has 2 rings (SSSR count). The lowest BCUT2D eigenvalue weighted by atomic mass is 10.1. The number of hydrogen-bond donors (Lipinski definition) is 1. The molecule has 1 N–H and O–H groups in total. The fourth-order valence-electron chi connectivity index (χ4n) is 2.20. The van der Waals surface area contributed by atoms with Gasteiger partial charge in [0.25, 0.3) is 0 Å². The van der Waals surface area contributed by atoms with E-state index in [0.717, 1.165) is 40.8 Å². The molecule has 1 aromatic heterocycles. The van der Waals surface area contributed by atoms with Crippen LogP contribution in [-0.4, -0.2) is 6.54 Å². The van der Waals surface area contributed by atoms with E-state index in [0.29, 0.717) is 0 Å². The topological polar surface area (TPSA) is 25.2 Å². The van der Waals surface area contributed by atoms with Crippen LogP contribution in [0.4, 0.5) is 0 Å². The molecule has 3 heteroatoms. The summed E-state index contributed by atoms with van der Waals surface area (Å²) in [5, 5.41) is 4.18. The average Bonchev–Trinajstić information content (AvgIpc) is 2.90. The molecule has 0 fully saturated rings. The molecular weight excluding hydrogens is 270 g/mol. The first kappa shape index (κ1) is 15.1. The Morgan fingerprint density at radius 3 is 2.80 bits per heavy atom. The average molecular weight is 292 g/mol. The summed E-state index contributed by atoms with van der Waals surface area (Å²) >= 11 is 6.15. The predicted octanol–water partition coefficient (Wildman–Crippen LogP) is 5.19. The highest BCUT2D eigenvalue weighted by atomic mass is 35.5. The van der Waals surface area contributed by atoms with Gasteiger partial charge in [0, 0.05) is 10.6 Å². The molecule has 0 atom stereocenters. The maximum Gasteiger partial charge on any atom is 0.134 e. The van der Waals surface area contributed by atoms with E-state index >= 15 is 0 Å². The van der Waals surface area contributed by atoms with Crippen molar-refractivity contribution in [3.05, 3.63) is 46.7 Å². The first-order chi connectivity index (χ1) is 9.72. The second kappa shape index (κ2) is 7.51. The molecule has 0 bridgehead atoms. The molecule has 0 unspecified atom stereocenters. The van der Waals surface area contributed by atoms with Gasteiger partial charge in [-0.15, -0.1) is 0 Å². The molecule has 1 aromatic carbocycles. The summed E-state index contributed by atoms with van der Waals surface area (Å²) in [4.78, 5) is 0. The number of unbranched alkanes of at least 4 members (excludes halogenated alkanes) is 2. The number of nitrogens with one attached hydrogen (secondary N) is 1. The Labute approximate surface area is 126 Å². The smallest absolute Gasteiger partial charge is 0.134 e. The summed E-state index contributed by atoms with van der Waals surface area (Å²) in [5.41, 5.74) is 2.13. The molecule has 1 heterocycles. The minimum atomic E-state index is 0.776. The second-order valence-electron chi connectivity index (χ2n) is 5.06.